The third-order valence-corrected chi connectivity index (χ3v) is 4.44. The highest BCUT2D eigenvalue weighted by Crippen LogP contribution is 2.22. The Morgan fingerprint density at radius 2 is 2.09 bits per heavy atom. The number of aromatic nitrogens is 2. The lowest BCUT2D eigenvalue weighted by Crippen LogP contribution is -2.36. The van der Waals surface area contributed by atoms with E-state index in [2.05, 4.69) is 25.9 Å². The number of ether oxygens (including phenoxy) is 1. The summed E-state index contributed by atoms with van der Waals surface area (Å²) in [7, 11) is 1.62. The van der Waals surface area contributed by atoms with Gasteiger partial charge in [-0.25, -0.2) is 9.48 Å². The number of carbonyl (C=O) groups excluding carboxylic acids is 1. The number of halogens is 1. The number of carbonyl (C=O) groups is 1. The second kappa shape index (κ2) is 7.81. The molecule has 23 heavy (non-hydrogen) atoms. The monoisotopic (exact) mass is 386 g/mol. The van der Waals surface area contributed by atoms with Gasteiger partial charge in [0.15, 0.2) is 0 Å². The molecule has 2 rings (SSSR count). The smallest absolute Gasteiger partial charge is 0.409 e. The zero-order valence-electron chi connectivity index (χ0n) is 13.8. The summed E-state index contributed by atoms with van der Waals surface area (Å²) < 4.78 is 7.09. The second-order valence-corrected chi connectivity index (χ2v) is 6.86. The molecule has 1 fully saturated rings. The van der Waals surface area contributed by atoms with Crippen LogP contribution in [0.3, 0.4) is 0 Å². The van der Waals surface area contributed by atoms with Gasteiger partial charge in [0.1, 0.15) is 4.47 Å². The molecule has 1 aromatic heterocycles. The van der Waals surface area contributed by atoms with Crippen LogP contribution in [0.15, 0.2) is 15.5 Å². The molecule has 0 saturated carbocycles. The largest absolute Gasteiger partial charge is 0.449 e. The van der Waals surface area contributed by atoms with Crippen molar-refractivity contribution in [3.63, 3.8) is 0 Å². The predicted molar refractivity (Wildman–Crippen MR) is 91.8 cm³/mol. The fourth-order valence-electron chi connectivity index (χ4n) is 2.39. The van der Waals surface area contributed by atoms with Crippen molar-refractivity contribution in [2.45, 2.75) is 20.3 Å². The minimum absolute atomic E-state index is 0.167. The van der Waals surface area contributed by atoms with Crippen LogP contribution in [0.25, 0.3) is 0 Å². The van der Waals surface area contributed by atoms with Crippen LogP contribution in [0, 0.1) is 5.92 Å². The maximum absolute atomic E-state index is 12.1. The van der Waals surface area contributed by atoms with E-state index < -0.39 is 0 Å². The Morgan fingerprint density at radius 1 is 1.35 bits per heavy atom. The van der Waals surface area contributed by atoms with E-state index in [1.165, 1.54) is 4.68 Å². The molecular weight excluding hydrogens is 364 g/mol. The van der Waals surface area contributed by atoms with Crippen LogP contribution < -0.4 is 10.5 Å². The van der Waals surface area contributed by atoms with E-state index in [4.69, 9.17) is 4.74 Å². The van der Waals surface area contributed by atoms with Gasteiger partial charge in [-0.05, 0) is 28.3 Å². The quantitative estimate of drug-likeness (QED) is 0.792. The molecule has 0 spiro atoms. The molecule has 0 aromatic carbocycles. The lowest BCUT2D eigenvalue weighted by molar-refractivity contribution is 0.0943. The maximum atomic E-state index is 12.1. The van der Waals surface area contributed by atoms with Crippen LogP contribution >= 0.6 is 15.9 Å². The Morgan fingerprint density at radius 3 is 2.78 bits per heavy atom. The summed E-state index contributed by atoms with van der Waals surface area (Å²) in [6.45, 7) is 7.09. The van der Waals surface area contributed by atoms with Crippen molar-refractivity contribution in [3.05, 3.63) is 21.0 Å². The highest BCUT2D eigenvalue weighted by atomic mass is 79.9. The summed E-state index contributed by atoms with van der Waals surface area (Å²) in [4.78, 5) is 27.9. The average molecular weight is 387 g/mol. The van der Waals surface area contributed by atoms with E-state index in [9.17, 15) is 9.59 Å². The van der Waals surface area contributed by atoms with Crippen molar-refractivity contribution in [1.29, 1.82) is 0 Å². The van der Waals surface area contributed by atoms with Gasteiger partial charge in [0.05, 0.1) is 18.5 Å². The fraction of sp³-hybridized carbons (Fsp3) is 0.667. The first-order valence-corrected chi connectivity index (χ1v) is 8.58. The van der Waals surface area contributed by atoms with E-state index in [-0.39, 0.29) is 11.7 Å². The highest BCUT2D eigenvalue weighted by molar-refractivity contribution is 9.10. The van der Waals surface area contributed by atoms with E-state index >= 15 is 0 Å². The molecule has 1 aromatic rings. The number of hydrogen-bond acceptors (Lipinski definition) is 5. The molecule has 8 heteroatoms. The van der Waals surface area contributed by atoms with Crippen LogP contribution in [0.4, 0.5) is 10.5 Å². The van der Waals surface area contributed by atoms with Crippen molar-refractivity contribution >= 4 is 27.7 Å². The summed E-state index contributed by atoms with van der Waals surface area (Å²) in [5.74, 6) is 0.324. The van der Waals surface area contributed by atoms with Crippen molar-refractivity contribution < 1.29 is 9.53 Å². The number of rotatable bonds is 3. The van der Waals surface area contributed by atoms with Gasteiger partial charge in [-0.3, -0.25) is 4.79 Å². The standard InChI is InChI=1S/C15H23BrN4O3/c1-11(2)10-23-15(22)20-6-4-5-19(7-8-20)12-9-17-18(3)14(21)13(12)16/h9,11H,4-8,10H2,1-3H3. The number of nitrogens with zero attached hydrogens (tertiary/aromatic N) is 4. The van der Waals surface area contributed by atoms with Gasteiger partial charge in [-0.1, -0.05) is 13.8 Å². The zero-order chi connectivity index (χ0) is 17.0. The summed E-state index contributed by atoms with van der Waals surface area (Å²) in [6, 6.07) is 0. The third kappa shape index (κ3) is 4.46. The Bertz CT molecular complexity index is 617. The number of aryl methyl sites for hydroxylation is 1. The zero-order valence-corrected chi connectivity index (χ0v) is 15.4. The SMILES string of the molecule is CC(C)COC(=O)N1CCCN(c2cnn(C)c(=O)c2Br)CC1. The van der Waals surface area contributed by atoms with Gasteiger partial charge in [0.25, 0.3) is 5.56 Å². The van der Waals surface area contributed by atoms with E-state index in [1.807, 2.05) is 13.8 Å². The van der Waals surface area contributed by atoms with Crippen molar-refractivity contribution in [2.75, 3.05) is 37.7 Å². The summed E-state index contributed by atoms with van der Waals surface area (Å²) >= 11 is 3.36. The topological polar surface area (TPSA) is 67.7 Å². The first-order chi connectivity index (χ1) is 10.9. The second-order valence-electron chi connectivity index (χ2n) is 6.07. The molecule has 0 radical (unpaired) electrons. The Labute approximate surface area is 144 Å². The maximum Gasteiger partial charge on any atom is 0.409 e. The average Bonchev–Trinajstić information content (AvgIpc) is 2.76. The first kappa shape index (κ1) is 17.8. The molecule has 0 N–H and O–H groups in total. The molecule has 1 saturated heterocycles. The normalized spacial score (nSPS) is 15.7. The van der Waals surface area contributed by atoms with Crippen molar-refractivity contribution in [1.82, 2.24) is 14.7 Å². The van der Waals surface area contributed by atoms with Crippen LogP contribution in [0.5, 0.6) is 0 Å². The molecule has 0 aliphatic carbocycles. The van der Waals surface area contributed by atoms with E-state index in [0.29, 0.717) is 36.6 Å². The molecule has 2 heterocycles. The molecule has 0 bridgehead atoms. The molecule has 1 aliphatic heterocycles. The number of anilines is 1. The van der Waals surface area contributed by atoms with Gasteiger partial charge < -0.3 is 14.5 Å². The van der Waals surface area contributed by atoms with Gasteiger partial charge >= 0.3 is 6.09 Å². The van der Waals surface area contributed by atoms with E-state index in [0.717, 1.165) is 18.7 Å². The Hall–Kier alpha value is -1.57. The van der Waals surface area contributed by atoms with Crippen LogP contribution in [-0.4, -0.2) is 53.6 Å². The predicted octanol–water partition coefficient (Wildman–Crippen LogP) is 1.85. The molecule has 1 amide bonds. The summed E-state index contributed by atoms with van der Waals surface area (Å²) in [5.41, 5.74) is 0.602. The Balaban J connectivity index is 2.03. The van der Waals surface area contributed by atoms with Gasteiger partial charge in [0.2, 0.25) is 0 Å². The molecular formula is C15H23BrN4O3. The number of hydrogen-bond donors (Lipinski definition) is 0. The molecule has 0 atom stereocenters. The van der Waals surface area contributed by atoms with Crippen molar-refractivity contribution in [3.8, 4) is 0 Å². The summed E-state index contributed by atoms with van der Waals surface area (Å²) in [5, 5.41) is 4.08. The van der Waals surface area contributed by atoms with E-state index in [1.54, 1.807) is 18.1 Å². The van der Waals surface area contributed by atoms with Gasteiger partial charge in [-0.15, -0.1) is 0 Å². The summed E-state index contributed by atoms with van der Waals surface area (Å²) in [6.07, 6.45) is 2.23. The van der Waals surface area contributed by atoms with Crippen LogP contribution in [0.2, 0.25) is 0 Å². The van der Waals surface area contributed by atoms with Crippen LogP contribution in [0.1, 0.15) is 20.3 Å². The third-order valence-electron chi connectivity index (χ3n) is 3.69. The van der Waals surface area contributed by atoms with Crippen molar-refractivity contribution in [2.24, 2.45) is 13.0 Å². The molecule has 0 unspecified atom stereocenters. The van der Waals surface area contributed by atoms with Crippen LogP contribution in [-0.2, 0) is 11.8 Å². The lowest BCUT2D eigenvalue weighted by atomic mass is 10.2. The highest BCUT2D eigenvalue weighted by Gasteiger charge is 2.22. The van der Waals surface area contributed by atoms with Gasteiger partial charge in [-0.2, -0.15) is 5.10 Å². The van der Waals surface area contributed by atoms with Gasteiger partial charge in [0, 0.05) is 33.2 Å². The lowest BCUT2D eigenvalue weighted by Gasteiger charge is -2.24. The molecule has 1 aliphatic rings. The minimum atomic E-state index is -0.262. The first-order valence-electron chi connectivity index (χ1n) is 7.78. The minimum Gasteiger partial charge on any atom is -0.449 e. The fourth-order valence-corrected chi connectivity index (χ4v) is 3.00. The molecule has 7 nitrogen and oxygen atoms in total. The molecule has 128 valence electrons. The Kier molecular flexibility index (Phi) is 6.04. The number of amides is 1.